The molecule has 1 N–H and O–H groups in total. The fourth-order valence-corrected chi connectivity index (χ4v) is 2.75. The van der Waals surface area contributed by atoms with Crippen LogP contribution in [0.25, 0.3) is 0 Å². The minimum Gasteiger partial charge on any atom is -0.381 e. The Morgan fingerprint density at radius 3 is 2.78 bits per heavy atom. The van der Waals surface area contributed by atoms with Crippen LogP contribution in [0.5, 0.6) is 0 Å². The number of ether oxygens (including phenoxy) is 2. The van der Waals surface area contributed by atoms with Gasteiger partial charge in [-0.1, -0.05) is 13.8 Å². The highest BCUT2D eigenvalue weighted by Crippen LogP contribution is 2.39. The molecule has 3 nitrogen and oxygen atoms in total. The molecule has 2 rings (SSSR count). The van der Waals surface area contributed by atoms with E-state index in [0.717, 1.165) is 38.8 Å². The van der Waals surface area contributed by atoms with Crippen LogP contribution in [-0.2, 0) is 9.47 Å². The van der Waals surface area contributed by atoms with Gasteiger partial charge in [0, 0.05) is 12.5 Å². The van der Waals surface area contributed by atoms with E-state index in [0.29, 0.717) is 5.92 Å². The van der Waals surface area contributed by atoms with E-state index in [4.69, 9.17) is 9.47 Å². The summed E-state index contributed by atoms with van der Waals surface area (Å²) >= 11 is 0. The second-order valence-corrected chi connectivity index (χ2v) is 6.43. The van der Waals surface area contributed by atoms with E-state index in [-0.39, 0.29) is 5.60 Å². The zero-order valence-electron chi connectivity index (χ0n) is 12.0. The van der Waals surface area contributed by atoms with Gasteiger partial charge in [-0.25, -0.2) is 0 Å². The average molecular weight is 255 g/mol. The van der Waals surface area contributed by atoms with Crippen LogP contribution in [0.15, 0.2) is 0 Å². The van der Waals surface area contributed by atoms with E-state index in [2.05, 4.69) is 19.2 Å². The van der Waals surface area contributed by atoms with Crippen LogP contribution in [-0.4, -0.2) is 38.5 Å². The lowest BCUT2D eigenvalue weighted by atomic mass is 9.77. The second-order valence-electron chi connectivity index (χ2n) is 6.43. The molecule has 1 aliphatic heterocycles. The Kier molecular flexibility index (Phi) is 5.46. The van der Waals surface area contributed by atoms with Crippen molar-refractivity contribution in [1.82, 2.24) is 5.32 Å². The molecular weight excluding hydrogens is 226 g/mol. The maximum absolute atomic E-state index is 6.24. The summed E-state index contributed by atoms with van der Waals surface area (Å²) in [6.07, 6.45) is 6.20. The first-order chi connectivity index (χ1) is 8.70. The van der Waals surface area contributed by atoms with Crippen LogP contribution in [0.4, 0.5) is 0 Å². The molecule has 18 heavy (non-hydrogen) atoms. The highest BCUT2D eigenvalue weighted by Gasteiger charge is 2.38. The van der Waals surface area contributed by atoms with Gasteiger partial charge in [0.25, 0.3) is 0 Å². The minimum atomic E-state index is 0.201. The van der Waals surface area contributed by atoms with E-state index in [9.17, 15) is 0 Å². The van der Waals surface area contributed by atoms with E-state index < -0.39 is 0 Å². The van der Waals surface area contributed by atoms with Crippen molar-refractivity contribution in [1.29, 1.82) is 0 Å². The predicted molar refractivity (Wildman–Crippen MR) is 73.8 cm³/mol. The fraction of sp³-hybridized carbons (Fsp3) is 1.00. The van der Waals surface area contributed by atoms with E-state index in [1.54, 1.807) is 0 Å². The molecule has 0 aromatic carbocycles. The third-order valence-corrected chi connectivity index (χ3v) is 4.22. The lowest BCUT2D eigenvalue weighted by Gasteiger charge is -2.42. The predicted octanol–water partition coefficient (Wildman–Crippen LogP) is 2.60. The molecule has 1 saturated heterocycles. The Labute approximate surface area is 112 Å². The summed E-state index contributed by atoms with van der Waals surface area (Å²) in [6, 6.07) is 0. The summed E-state index contributed by atoms with van der Waals surface area (Å²) < 4.78 is 11.6. The molecule has 0 aromatic heterocycles. The van der Waals surface area contributed by atoms with Crippen molar-refractivity contribution in [2.45, 2.75) is 51.6 Å². The standard InChI is InChI=1S/C15H29NO2/c1-13(2)10-16-8-7-15(5-3-6-15)18-12-14-4-9-17-11-14/h13-14,16H,3-12H2,1-2H3. The summed E-state index contributed by atoms with van der Waals surface area (Å²) in [5.74, 6) is 1.38. The maximum Gasteiger partial charge on any atom is 0.0694 e. The zero-order valence-corrected chi connectivity index (χ0v) is 12.0. The Balaban J connectivity index is 1.62. The Bertz CT molecular complexity index is 233. The van der Waals surface area contributed by atoms with Crippen molar-refractivity contribution in [2.24, 2.45) is 11.8 Å². The summed E-state index contributed by atoms with van der Waals surface area (Å²) in [6.45, 7) is 9.46. The molecule has 0 radical (unpaired) electrons. The fourth-order valence-electron chi connectivity index (χ4n) is 2.75. The highest BCUT2D eigenvalue weighted by atomic mass is 16.5. The van der Waals surface area contributed by atoms with Crippen molar-refractivity contribution in [3.05, 3.63) is 0 Å². The van der Waals surface area contributed by atoms with Crippen LogP contribution in [0.1, 0.15) is 46.0 Å². The molecule has 0 amide bonds. The lowest BCUT2D eigenvalue weighted by molar-refractivity contribution is -0.115. The summed E-state index contributed by atoms with van der Waals surface area (Å²) in [5, 5.41) is 3.53. The SMILES string of the molecule is CC(C)CNCCC1(OCC2CCOC2)CCC1. The third kappa shape index (κ3) is 4.22. The Morgan fingerprint density at radius 1 is 1.39 bits per heavy atom. The number of rotatable bonds is 8. The van der Waals surface area contributed by atoms with Crippen molar-refractivity contribution in [2.75, 3.05) is 32.9 Å². The smallest absolute Gasteiger partial charge is 0.0694 e. The van der Waals surface area contributed by atoms with Crippen LogP contribution in [0.2, 0.25) is 0 Å². The van der Waals surface area contributed by atoms with Crippen molar-refractivity contribution < 1.29 is 9.47 Å². The molecule has 2 aliphatic rings. The number of nitrogens with one attached hydrogen (secondary N) is 1. The van der Waals surface area contributed by atoms with Gasteiger partial charge in [-0.05, 0) is 51.1 Å². The van der Waals surface area contributed by atoms with E-state index in [1.165, 1.54) is 32.1 Å². The van der Waals surface area contributed by atoms with Gasteiger partial charge in [0.15, 0.2) is 0 Å². The van der Waals surface area contributed by atoms with Crippen molar-refractivity contribution in [3.63, 3.8) is 0 Å². The van der Waals surface area contributed by atoms with Crippen LogP contribution in [0, 0.1) is 11.8 Å². The van der Waals surface area contributed by atoms with E-state index in [1.807, 2.05) is 0 Å². The van der Waals surface area contributed by atoms with Crippen LogP contribution in [0.3, 0.4) is 0 Å². The molecule has 1 atom stereocenters. The summed E-state index contributed by atoms with van der Waals surface area (Å²) in [4.78, 5) is 0. The molecule has 0 spiro atoms. The maximum atomic E-state index is 6.24. The molecule has 106 valence electrons. The number of hydrogen-bond donors (Lipinski definition) is 1. The quantitative estimate of drug-likeness (QED) is 0.676. The first kappa shape index (κ1) is 14.3. The molecule has 0 aromatic rings. The van der Waals surface area contributed by atoms with Gasteiger partial charge in [-0.15, -0.1) is 0 Å². The number of hydrogen-bond acceptors (Lipinski definition) is 3. The lowest BCUT2D eigenvalue weighted by Crippen LogP contribution is -2.44. The Morgan fingerprint density at radius 2 is 2.22 bits per heavy atom. The molecule has 1 unspecified atom stereocenters. The third-order valence-electron chi connectivity index (χ3n) is 4.22. The largest absolute Gasteiger partial charge is 0.381 e. The van der Waals surface area contributed by atoms with Gasteiger partial charge in [0.2, 0.25) is 0 Å². The molecular formula is C15H29NO2. The monoisotopic (exact) mass is 255 g/mol. The van der Waals surface area contributed by atoms with Gasteiger partial charge >= 0.3 is 0 Å². The molecule has 2 fully saturated rings. The molecule has 0 bridgehead atoms. The van der Waals surface area contributed by atoms with Gasteiger partial charge < -0.3 is 14.8 Å². The molecule has 3 heteroatoms. The van der Waals surface area contributed by atoms with Gasteiger partial charge in [0.05, 0.1) is 18.8 Å². The molecule has 1 saturated carbocycles. The Hall–Kier alpha value is -0.120. The van der Waals surface area contributed by atoms with E-state index >= 15 is 0 Å². The van der Waals surface area contributed by atoms with Crippen LogP contribution < -0.4 is 5.32 Å². The highest BCUT2D eigenvalue weighted by molar-refractivity contribution is 4.90. The van der Waals surface area contributed by atoms with Gasteiger partial charge in [-0.2, -0.15) is 0 Å². The van der Waals surface area contributed by atoms with Crippen molar-refractivity contribution >= 4 is 0 Å². The molecule has 1 heterocycles. The second kappa shape index (κ2) is 6.88. The van der Waals surface area contributed by atoms with Gasteiger partial charge in [-0.3, -0.25) is 0 Å². The normalized spacial score (nSPS) is 26.5. The summed E-state index contributed by atoms with van der Waals surface area (Å²) in [5.41, 5.74) is 0.201. The topological polar surface area (TPSA) is 30.5 Å². The van der Waals surface area contributed by atoms with Crippen LogP contribution >= 0.6 is 0 Å². The first-order valence-electron chi connectivity index (χ1n) is 7.63. The summed E-state index contributed by atoms with van der Waals surface area (Å²) in [7, 11) is 0. The minimum absolute atomic E-state index is 0.201. The molecule has 1 aliphatic carbocycles. The first-order valence-corrected chi connectivity index (χ1v) is 7.63. The van der Waals surface area contributed by atoms with Gasteiger partial charge in [0.1, 0.15) is 0 Å². The van der Waals surface area contributed by atoms with Crippen molar-refractivity contribution in [3.8, 4) is 0 Å². The average Bonchev–Trinajstić information content (AvgIpc) is 2.78. The zero-order chi connectivity index (χ0) is 12.8.